The second-order valence-corrected chi connectivity index (χ2v) is 5.51. The van der Waals surface area contributed by atoms with Crippen molar-refractivity contribution in [1.29, 1.82) is 0 Å². The van der Waals surface area contributed by atoms with Crippen LogP contribution in [0.5, 0.6) is 0 Å². The lowest BCUT2D eigenvalue weighted by atomic mass is 10.3. The Morgan fingerprint density at radius 2 is 2.00 bits per heavy atom. The number of anilines is 1. The number of alkyl halides is 3. The van der Waals surface area contributed by atoms with Gasteiger partial charge in [-0.2, -0.15) is 18.2 Å². The summed E-state index contributed by atoms with van der Waals surface area (Å²) in [7, 11) is 0. The van der Waals surface area contributed by atoms with Gasteiger partial charge in [-0.1, -0.05) is 0 Å². The van der Waals surface area contributed by atoms with Gasteiger partial charge >= 0.3 is 6.18 Å². The first-order valence-corrected chi connectivity index (χ1v) is 6.95. The highest BCUT2D eigenvalue weighted by molar-refractivity contribution is 9.10. The minimum atomic E-state index is -4.51. The predicted octanol–water partition coefficient (Wildman–Crippen LogP) is 2.52. The van der Waals surface area contributed by atoms with Crippen LogP contribution in [0.2, 0.25) is 5.28 Å². The van der Waals surface area contributed by atoms with E-state index in [1.165, 1.54) is 6.20 Å². The lowest BCUT2D eigenvalue weighted by Gasteiger charge is -2.29. The lowest BCUT2D eigenvalue weighted by Crippen LogP contribution is -2.36. The Hall–Kier alpha value is -1.42. The molecule has 0 aromatic carbocycles. The standard InChI is InChI=1S/C10H7BrClF3N6/c11-5-3-16-9(12)17-7(5)20-1-2-21-6(4-20)18-19-8(21)10(13,14)15/h3H,1-2,4H2. The van der Waals surface area contributed by atoms with Crippen LogP contribution in [0.15, 0.2) is 10.7 Å². The monoisotopic (exact) mass is 382 g/mol. The van der Waals surface area contributed by atoms with Gasteiger partial charge in [0, 0.05) is 19.3 Å². The van der Waals surface area contributed by atoms with E-state index in [9.17, 15) is 13.2 Å². The Morgan fingerprint density at radius 3 is 2.71 bits per heavy atom. The molecule has 1 aliphatic rings. The van der Waals surface area contributed by atoms with Crippen LogP contribution in [0.25, 0.3) is 0 Å². The molecule has 3 rings (SSSR count). The van der Waals surface area contributed by atoms with Gasteiger partial charge in [0.2, 0.25) is 11.1 Å². The highest BCUT2D eigenvalue weighted by Crippen LogP contribution is 2.31. The molecule has 0 saturated heterocycles. The van der Waals surface area contributed by atoms with E-state index in [-0.39, 0.29) is 24.2 Å². The molecule has 11 heteroatoms. The molecule has 0 unspecified atom stereocenters. The summed E-state index contributed by atoms with van der Waals surface area (Å²) in [6.45, 7) is 0.611. The third-order valence-electron chi connectivity index (χ3n) is 3.00. The number of hydrogen-bond donors (Lipinski definition) is 0. The Morgan fingerprint density at radius 1 is 1.24 bits per heavy atom. The van der Waals surface area contributed by atoms with E-state index < -0.39 is 12.0 Å². The number of aromatic nitrogens is 5. The van der Waals surface area contributed by atoms with E-state index in [4.69, 9.17) is 11.6 Å². The van der Waals surface area contributed by atoms with Gasteiger partial charge in [-0.05, 0) is 27.5 Å². The first-order chi connectivity index (χ1) is 9.86. The molecule has 3 heterocycles. The first kappa shape index (κ1) is 14.5. The molecular weight excluding hydrogens is 377 g/mol. The lowest BCUT2D eigenvalue weighted by molar-refractivity contribution is -0.147. The van der Waals surface area contributed by atoms with Gasteiger partial charge in [0.25, 0.3) is 0 Å². The molecule has 0 fully saturated rings. The van der Waals surface area contributed by atoms with Crippen LogP contribution in [-0.4, -0.2) is 31.3 Å². The third-order valence-corrected chi connectivity index (χ3v) is 3.74. The van der Waals surface area contributed by atoms with Crippen LogP contribution in [0.3, 0.4) is 0 Å². The van der Waals surface area contributed by atoms with E-state index >= 15 is 0 Å². The minimum absolute atomic E-state index is 0.0659. The number of nitrogens with zero attached hydrogens (tertiary/aromatic N) is 6. The summed E-state index contributed by atoms with van der Waals surface area (Å²) in [5.41, 5.74) is 0. The number of halogens is 5. The highest BCUT2D eigenvalue weighted by Gasteiger charge is 2.39. The predicted molar refractivity (Wildman–Crippen MR) is 70.8 cm³/mol. The summed E-state index contributed by atoms with van der Waals surface area (Å²) in [4.78, 5) is 9.66. The molecule has 0 atom stereocenters. The van der Waals surface area contributed by atoms with Gasteiger partial charge in [-0.25, -0.2) is 4.98 Å². The fourth-order valence-electron chi connectivity index (χ4n) is 2.11. The summed E-state index contributed by atoms with van der Waals surface area (Å²) >= 11 is 9.04. The van der Waals surface area contributed by atoms with Gasteiger partial charge < -0.3 is 9.47 Å². The van der Waals surface area contributed by atoms with Crippen molar-refractivity contribution in [2.45, 2.75) is 19.3 Å². The largest absolute Gasteiger partial charge is 0.451 e. The molecule has 112 valence electrons. The molecule has 0 aliphatic carbocycles. The number of fused-ring (bicyclic) bond motifs is 1. The van der Waals surface area contributed by atoms with E-state index in [1.54, 1.807) is 4.90 Å². The van der Waals surface area contributed by atoms with Crippen LogP contribution in [-0.2, 0) is 19.3 Å². The van der Waals surface area contributed by atoms with Crippen LogP contribution in [0.4, 0.5) is 19.0 Å². The number of rotatable bonds is 1. The topological polar surface area (TPSA) is 59.7 Å². The molecule has 21 heavy (non-hydrogen) atoms. The molecular formula is C10H7BrClF3N6. The molecule has 0 bridgehead atoms. The number of hydrogen-bond acceptors (Lipinski definition) is 5. The van der Waals surface area contributed by atoms with Crippen molar-refractivity contribution in [3.8, 4) is 0 Å². The molecule has 2 aromatic heterocycles. The SMILES string of the molecule is FC(F)(F)c1nnc2n1CCN(c1nc(Cl)ncc1Br)C2. The summed E-state index contributed by atoms with van der Waals surface area (Å²) in [6, 6.07) is 0. The van der Waals surface area contributed by atoms with Gasteiger partial charge in [0.15, 0.2) is 5.82 Å². The van der Waals surface area contributed by atoms with Crippen molar-refractivity contribution in [2.24, 2.45) is 0 Å². The van der Waals surface area contributed by atoms with Crippen molar-refractivity contribution in [1.82, 2.24) is 24.7 Å². The van der Waals surface area contributed by atoms with Crippen molar-refractivity contribution in [3.05, 3.63) is 27.6 Å². The zero-order valence-corrected chi connectivity index (χ0v) is 12.6. The van der Waals surface area contributed by atoms with Crippen LogP contribution < -0.4 is 4.90 Å². The van der Waals surface area contributed by atoms with Crippen molar-refractivity contribution in [3.63, 3.8) is 0 Å². The first-order valence-electron chi connectivity index (χ1n) is 5.78. The zero-order chi connectivity index (χ0) is 15.2. The van der Waals surface area contributed by atoms with E-state index in [0.717, 1.165) is 4.57 Å². The smallest absolute Gasteiger partial charge is 0.346 e. The summed E-state index contributed by atoms with van der Waals surface area (Å²) < 4.78 is 40.0. The molecule has 0 radical (unpaired) electrons. The molecule has 6 nitrogen and oxygen atoms in total. The van der Waals surface area contributed by atoms with Gasteiger partial charge in [-0.15, -0.1) is 10.2 Å². The molecule has 0 spiro atoms. The van der Waals surface area contributed by atoms with Gasteiger partial charge in [-0.3, -0.25) is 0 Å². The molecule has 2 aromatic rings. The summed E-state index contributed by atoms with van der Waals surface area (Å²) in [5.74, 6) is -0.232. The fraction of sp³-hybridized carbons (Fsp3) is 0.400. The van der Waals surface area contributed by atoms with E-state index in [1.807, 2.05) is 0 Å². The Labute approximate surface area is 130 Å². The maximum absolute atomic E-state index is 12.8. The van der Waals surface area contributed by atoms with Crippen LogP contribution >= 0.6 is 27.5 Å². The quantitative estimate of drug-likeness (QED) is 0.708. The Balaban J connectivity index is 1.92. The maximum atomic E-state index is 12.8. The fourth-order valence-corrected chi connectivity index (χ4v) is 2.68. The summed E-state index contributed by atoms with van der Waals surface area (Å²) in [5, 5.41) is 6.90. The Bertz CT molecular complexity index is 688. The Kier molecular flexibility index (Phi) is 3.52. The average Bonchev–Trinajstić information content (AvgIpc) is 2.84. The minimum Gasteiger partial charge on any atom is -0.346 e. The third kappa shape index (κ3) is 2.69. The van der Waals surface area contributed by atoms with Crippen molar-refractivity contribution >= 4 is 33.3 Å². The van der Waals surface area contributed by atoms with Crippen molar-refractivity contribution < 1.29 is 13.2 Å². The van der Waals surface area contributed by atoms with Crippen LogP contribution in [0, 0.1) is 0 Å². The molecule has 0 amide bonds. The molecule has 1 aliphatic heterocycles. The normalized spacial score (nSPS) is 15.2. The summed E-state index contributed by atoms with van der Waals surface area (Å²) in [6.07, 6.45) is -3.02. The van der Waals surface area contributed by atoms with Gasteiger partial charge in [0.05, 0.1) is 11.0 Å². The molecule has 0 saturated carbocycles. The van der Waals surface area contributed by atoms with E-state index in [0.29, 0.717) is 16.8 Å². The average molecular weight is 384 g/mol. The molecule has 0 N–H and O–H groups in total. The van der Waals surface area contributed by atoms with Crippen molar-refractivity contribution in [2.75, 3.05) is 11.4 Å². The van der Waals surface area contributed by atoms with E-state index in [2.05, 4.69) is 36.1 Å². The highest BCUT2D eigenvalue weighted by atomic mass is 79.9. The maximum Gasteiger partial charge on any atom is 0.451 e. The van der Waals surface area contributed by atoms with Crippen LogP contribution in [0.1, 0.15) is 11.6 Å². The van der Waals surface area contributed by atoms with Gasteiger partial charge in [0.1, 0.15) is 5.82 Å². The zero-order valence-electron chi connectivity index (χ0n) is 10.3. The second kappa shape index (κ2) is 5.09. The second-order valence-electron chi connectivity index (χ2n) is 4.32.